The van der Waals surface area contributed by atoms with Crippen LogP contribution in [0.2, 0.25) is 0 Å². The lowest BCUT2D eigenvalue weighted by Gasteiger charge is -2.18. The lowest BCUT2D eigenvalue weighted by molar-refractivity contribution is 0.470. The summed E-state index contributed by atoms with van der Waals surface area (Å²) in [5.74, 6) is 6.03. The molecular weight excluding hydrogens is 274 g/mol. The summed E-state index contributed by atoms with van der Waals surface area (Å²) in [6.45, 7) is 7.61. The van der Waals surface area contributed by atoms with Gasteiger partial charge in [-0.25, -0.2) is 5.84 Å². The molecule has 1 aromatic rings. The third-order valence-electron chi connectivity index (χ3n) is 2.93. The molecule has 5 heteroatoms. The zero-order valence-electron chi connectivity index (χ0n) is 11.4. The molecule has 3 N–H and O–H groups in total. The zero-order valence-corrected chi connectivity index (χ0v) is 12.1. The van der Waals surface area contributed by atoms with Crippen molar-refractivity contribution >= 4 is 23.0 Å². The number of nitrogens with two attached hydrogens (primary N) is 1. The van der Waals surface area contributed by atoms with Crippen molar-refractivity contribution in [2.45, 2.75) is 13.8 Å². The van der Waals surface area contributed by atoms with Crippen molar-refractivity contribution in [1.82, 2.24) is 0 Å². The van der Waals surface area contributed by atoms with Crippen molar-refractivity contribution < 1.29 is 5.11 Å². The molecule has 0 atom stereocenters. The summed E-state index contributed by atoms with van der Waals surface area (Å²) in [7, 11) is 0. The Bertz CT molecular complexity index is 659. The van der Waals surface area contributed by atoms with E-state index in [0.29, 0.717) is 22.0 Å². The molecule has 2 rings (SSSR count). The van der Waals surface area contributed by atoms with Crippen molar-refractivity contribution in [2.24, 2.45) is 10.9 Å². The molecule has 0 fully saturated rings. The number of phenolic OH excluding ortho intramolecular Hbond substituents is 1. The predicted molar refractivity (Wildman–Crippen MR) is 83.9 cm³/mol. The van der Waals surface area contributed by atoms with Crippen LogP contribution in [0.5, 0.6) is 5.75 Å². The van der Waals surface area contributed by atoms with Gasteiger partial charge in [-0.05, 0) is 54.8 Å². The Kier molecular flexibility index (Phi) is 3.97. The zero-order chi connectivity index (χ0) is 14.9. The standard InChI is InChI=1S/C15H16ClN3O/c1-9-6-11(3)15(20)14(7-9)19(17)18-13-5-4-12(16)8-10(13)2/h4-8,20H,2,17H2,1,3H3/b18-13-. The number of hydrogen-bond donors (Lipinski definition) is 2. The number of aromatic hydroxyl groups is 1. The minimum atomic E-state index is 0.112. The maximum Gasteiger partial charge on any atom is 0.145 e. The summed E-state index contributed by atoms with van der Waals surface area (Å²) in [5, 5.41) is 16.0. The highest BCUT2D eigenvalue weighted by molar-refractivity contribution is 6.33. The first-order chi connectivity index (χ1) is 9.38. The number of aryl methyl sites for hydroxylation is 2. The van der Waals surface area contributed by atoms with E-state index in [1.165, 1.54) is 0 Å². The number of nitrogens with zero attached hydrogens (tertiary/aromatic N) is 2. The van der Waals surface area contributed by atoms with Crippen molar-refractivity contribution in [1.29, 1.82) is 0 Å². The predicted octanol–water partition coefficient (Wildman–Crippen LogP) is 3.29. The summed E-state index contributed by atoms with van der Waals surface area (Å²) in [4.78, 5) is 0. The lowest BCUT2D eigenvalue weighted by atomic mass is 10.1. The SMILES string of the molecule is C=C1C=C(Cl)C=C/C1=N/N(N)c1cc(C)cc(C)c1O. The molecule has 104 valence electrons. The molecule has 0 aliphatic heterocycles. The van der Waals surface area contributed by atoms with Gasteiger partial charge in [0.15, 0.2) is 0 Å². The van der Waals surface area contributed by atoms with E-state index in [1.807, 2.05) is 19.9 Å². The van der Waals surface area contributed by atoms with Crippen LogP contribution in [0, 0.1) is 13.8 Å². The Morgan fingerprint density at radius 1 is 1.30 bits per heavy atom. The molecule has 0 radical (unpaired) electrons. The summed E-state index contributed by atoms with van der Waals surface area (Å²) >= 11 is 5.87. The number of halogens is 1. The number of rotatable bonds is 2. The fourth-order valence-corrected chi connectivity index (χ4v) is 2.13. The van der Waals surface area contributed by atoms with Crippen molar-refractivity contribution in [3.8, 4) is 5.75 Å². The van der Waals surface area contributed by atoms with Crippen LogP contribution in [0.1, 0.15) is 11.1 Å². The van der Waals surface area contributed by atoms with E-state index >= 15 is 0 Å². The van der Waals surface area contributed by atoms with Gasteiger partial charge in [0.05, 0.1) is 5.71 Å². The average molecular weight is 290 g/mol. The summed E-state index contributed by atoms with van der Waals surface area (Å²) < 4.78 is 0. The Labute approximate surface area is 123 Å². The monoisotopic (exact) mass is 289 g/mol. The second kappa shape index (κ2) is 5.53. The molecule has 20 heavy (non-hydrogen) atoms. The van der Waals surface area contributed by atoms with Gasteiger partial charge in [-0.15, -0.1) is 0 Å². The minimum absolute atomic E-state index is 0.112. The fraction of sp³-hybridized carbons (Fsp3) is 0.133. The van der Waals surface area contributed by atoms with Crippen LogP contribution < -0.4 is 11.0 Å². The molecule has 0 aromatic heterocycles. The number of hydrazone groups is 1. The minimum Gasteiger partial charge on any atom is -0.505 e. The summed E-state index contributed by atoms with van der Waals surface area (Å²) in [5.41, 5.74) is 3.44. The van der Waals surface area contributed by atoms with Gasteiger partial charge in [0.2, 0.25) is 0 Å². The van der Waals surface area contributed by atoms with Crippen molar-refractivity contribution in [3.05, 3.63) is 58.7 Å². The first-order valence-electron chi connectivity index (χ1n) is 6.06. The van der Waals surface area contributed by atoms with E-state index in [-0.39, 0.29) is 5.75 Å². The number of allylic oxidation sites excluding steroid dienone is 5. The first-order valence-corrected chi connectivity index (χ1v) is 6.44. The molecule has 0 saturated heterocycles. The quantitative estimate of drug-likeness (QED) is 0.649. The third-order valence-corrected chi connectivity index (χ3v) is 3.16. The molecule has 0 bridgehead atoms. The van der Waals surface area contributed by atoms with Gasteiger partial charge in [-0.3, -0.25) is 0 Å². The normalized spacial score (nSPS) is 16.5. The highest BCUT2D eigenvalue weighted by atomic mass is 35.5. The van der Waals surface area contributed by atoms with Crippen LogP contribution in [-0.4, -0.2) is 10.8 Å². The van der Waals surface area contributed by atoms with Gasteiger partial charge in [0.1, 0.15) is 11.4 Å². The van der Waals surface area contributed by atoms with E-state index in [4.69, 9.17) is 17.4 Å². The van der Waals surface area contributed by atoms with Gasteiger partial charge in [0.25, 0.3) is 0 Å². The Morgan fingerprint density at radius 2 is 2.00 bits per heavy atom. The molecule has 0 unspecified atom stereocenters. The van der Waals surface area contributed by atoms with Crippen LogP contribution in [0.15, 0.2) is 52.6 Å². The topological polar surface area (TPSA) is 61.8 Å². The van der Waals surface area contributed by atoms with E-state index in [0.717, 1.165) is 16.2 Å². The second-order valence-electron chi connectivity index (χ2n) is 4.67. The lowest BCUT2D eigenvalue weighted by Crippen LogP contribution is -2.27. The summed E-state index contributed by atoms with van der Waals surface area (Å²) in [6.07, 6.45) is 5.14. The highest BCUT2D eigenvalue weighted by Crippen LogP contribution is 2.31. The van der Waals surface area contributed by atoms with E-state index in [9.17, 15) is 5.11 Å². The first kappa shape index (κ1) is 14.4. The van der Waals surface area contributed by atoms with Crippen molar-refractivity contribution in [3.63, 3.8) is 0 Å². The smallest absolute Gasteiger partial charge is 0.145 e. The van der Waals surface area contributed by atoms with Crippen molar-refractivity contribution in [2.75, 3.05) is 5.12 Å². The van der Waals surface area contributed by atoms with Gasteiger partial charge < -0.3 is 5.11 Å². The molecule has 1 aromatic carbocycles. The van der Waals surface area contributed by atoms with E-state index in [1.54, 1.807) is 24.3 Å². The van der Waals surface area contributed by atoms with Crippen LogP contribution in [0.4, 0.5) is 5.69 Å². The fourth-order valence-electron chi connectivity index (χ4n) is 1.93. The van der Waals surface area contributed by atoms with Crippen LogP contribution in [0.25, 0.3) is 0 Å². The number of anilines is 1. The van der Waals surface area contributed by atoms with Gasteiger partial charge in [0, 0.05) is 5.03 Å². The van der Waals surface area contributed by atoms with E-state index < -0.39 is 0 Å². The molecular formula is C15H16ClN3O. The number of hydrazine groups is 1. The number of benzene rings is 1. The van der Waals surface area contributed by atoms with Gasteiger partial charge in [-0.1, -0.05) is 24.2 Å². The number of phenols is 1. The second-order valence-corrected chi connectivity index (χ2v) is 5.10. The third kappa shape index (κ3) is 2.92. The molecule has 0 spiro atoms. The maximum absolute atomic E-state index is 10.1. The molecule has 0 amide bonds. The van der Waals surface area contributed by atoms with Crippen LogP contribution in [-0.2, 0) is 0 Å². The summed E-state index contributed by atoms with van der Waals surface area (Å²) in [6, 6.07) is 3.65. The average Bonchev–Trinajstić information content (AvgIpc) is 2.37. The Morgan fingerprint density at radius 3 is 2.65 bits per heavy atom. The van der Waals surface area contributed by atoms with Gasteiger partial charge >= 0.3 is 0 Å². The van der Waals surface area contributed by atoms with E-state index in [2.05, 4.69) is 11.7 Å². The maximum atomic E-state index is 10.1. The van der Waals surface area contributed by atoms with Crippen LogP contribution >= 0.6 is 11.6 Å². The Balaban J connectivity index is 2.36. The molecule has 4 nitrogen and oxygen atoms in total. The van der Waals surface area contributed by atoms with Gasteiger partial charge in [-0.2, -0.15) is 10.2 Å². The molecule has 0 saturated carbocycles. The van der Waals surface area contributed by atoms with Crippen LogP contribution in [0.3, 0.4) is 0 Å². The molecule has 0 heterocycles. The highest BCUT2D eigenvalue weighted by Gasteiger charge is 2.12. The number of hydrogen-bond acceptors (Lipinski definition) is 4. The Hall–Kier alpha value is -2.04. The molecule has 1 aliphatic rings. The largest absolute Gasteiger partial charge is 0.505 e. The molecule has 1 aliphatic carbocycles.